The molecule has 0 spiro atoms. The molecule has 4 amide bonds. The summed E-state index contributed by atoms with van der Waals surface area (Å²) < 4.78 is 10.9. The Morgan fingerprint density at radius 2 is 1.41 bits per heavy atom. The number of ether oxygens (including phenoxy) is 2. The summed E-state index contributed by atoms with van der Waals surface area (Å²) >= 11 is 0. The molecule has 2 aromatic carbocycles. The molecule has 12 heteroatoms. The molecule has 2 fully saturated rings. The van der Waals surface area contributed by atoms with Gasteiger partial charge in [0.05, 0.1) is 5.52 Å². The van der Waals surface area contributed by atoms with E-state index in [1.807, 2.05) is 60.7 Å². The highest BCUT2D eigenvalue weighted by molar-refractivity contribution is 5.98. The fraction of sp³-hybridized carbons (Fsp3) is 0.351. The Kier molecular flexibility index (Phi) is 9.75. The largest absolute Gasteiger partial charge is 0.445 e. The topological polar surface area (TPSA) is 143 Å². The van der Waals surface area contributed by atoms with Crippen molar-refractivity contribution in [3.05, 3.63) is 84.6 Å². The number of anilines is 2. The van der Waals surface area contributed by atoms with Crippen molar-refractivity contribution in [1.29, 1.82) is 0 Å². The number of fused-ring (bicyclic) bond motifs is 1. The quantitative estimate of drug-likeness (QED) is 0.232. The molecule has 0 saturated carbocycles. The zero-order chi connectivity index (χ0) is 34.5. The van der Waals surface area contributed by atoms with Crippen LogP contribution in [0, 0.1) is 0 Å². The zero-order valence-corrected chi connectivity index (χ0v) is 27.8. The third-order valence-electron chi connectivity index (χ3n) is 8.47. The molecule has 6 rings (SSSR count). The smallest absolute Gasteiger partial charge is 0.410 e. The van der Waals surface area contributed by atoms with E-state index >= 15 is 0 Å². The maximum absolute atomic E-state index is 13.1. The van der Waals surface area contributed by atoms with E-state index in [0.29, 0.717) is 49.5 Å². The third-order valence-corrected chi connectivity index (χ3v) is 8.47. The van der Waals surface area contributed by atoms with Gasteiger partial charge in [0.1, 0.15) is 35.9 Å². The predicted molar refractivity (Wildman–Crippen MR) is 185 cm³/mol. The Morgan fingerprint density at radius 3 is 2.06 bits per heavy atom. The van der Waals surface area contributed by atoms with Gasteiger partial charge in [-0.15, -0.1) is 0 Å². The van der Waals surface area contributed by atoms with Crippen molar-refractivity contribution in [2.45, 2.75) is 70.7 Å². The molecule has 0 bridgehead atoms. The van der Waals surface area contributed by atoms with E-state index in [1.165, 1.54) is 9.80 Å². The summed E-state index contributed by atoms with van der Waals surface area (Å²) in [6.07, 6.45) is 3.21. The van der Waals surface area contributed by atoms with Gasteiger partial charge in [0.2, 0.25) is 11.8 Å². The number of nitrogens with one attached hydrogen (secondary N) is 2. The van der Waals surface area contributed by atoms with Crippen molar-refractivity contribution in [1.82, 2.24) is 19.8 Å². The molecular weight excluding hydrogens is 624 g/mol. The number of nitrogens with zero attached hydrogens (tertiary/aromatic N) is 4. The number of carbonyl (C=O) groups is 4. The maximum Gasteiger partial charge on any atom is 0.410 e. The number of carbonyl (C=O) groups excluding carboxylic acids is 4. The lowest BCUT2D eigenvalue weighted by Gasteiger charge is -2.27. The summed E-state index contributed by atoms with van der Waals surface area (Å²) in [4.78, 5) is 63.6. The first-order valence-corrected chi connectivity index (χ1v) is 16.5. The van der Waals surface area contributed by atoms with Crippen LogP contribution in [0.5, 0.6) is 0 Å². The maximum atomic E-state index is 13.1. The van der Waals surface area contributed by atoms with Gasteiger partial charge in [-0.2, -0.15) is 0 Å². The first-order valence-electron chi connectivity index (χ1n) is 16.5. The molecule has 2 aromatic heterocycles. The normalized spacial score (nSPS) is 17.5. The van der Waals surface area contributed by atoms with Gasteiger partial charge in [-0.3, -0.25) is 19.4 Å². The van der Waals surface area contributed by atoms with Crippen molar-refractivity contribution in [3.63, 3.8) is 0 Å². The highest BCUT2D eigenvalue weighted by atomic mass is 16.6. The van der Waals surface area contributed by atoms with Gasteiger partial charge < -0.3 is 20.1 Å². The lowest BCUT2D eigenvalue weighted by atomic mass is 10.0. The Balaban J connectivity index is 1.05. The predicted octanol–water partition coefficient (Wildman–Crippen LogP) is 6.37. The van der Waals surface area contributed by atoms with E-state index < -0.39 is 29.9 Å². The van der Waals surface area contributed by atoms with Crippen LogP contribution >= 0.6 is 0 Å². The van der Waals surface area contributed by atoms with Crippen LogP contribution in [0.1, 0.15) is 52.0 Å². The Morgan fingerprint density at radius 1 is 0.776 bits per heavy atom. The summed E-state index contributed by atoms with van der Waals surface area (Å²) in [7, 11) is 0. The number of hydrogen-bond donors (Lipinski definition) is 2. The van der Waals surface area contributed by atoms with Crippen LogP contribution < -0.4 is 10.6 Å². The molecule has 254 valence electrons. The zero-order valence-electron chi connectivity index (χ0n) is 27.8. The average molecular weight is 665 g/mol. The Bertz CT molecular complexity index is 1840. The molecule has 4 aromatic rings. The van der Waals surface area contributed by atoms with Gasteiger partial charge in [0, 0.05) is 30.2 Å². The van der Waals surface area contributed by atoms with Crippen molar-refractivity contribution in [3.8, 4) is 11.1 Å². The standard InChI is InChI=1S/C37H40N6O6/c1-37(2,3)49-36(47)43-20-8-12-30(43)34(45)41-32-18-14-26-21-25(13-16-28(26)39-32)27-15-17-31(38-22-27)40-33(44)29-11-7-19-42(29)35(46)48-23-24-9-5-4-6-10-24/h4-6,9-10,13-18,21-22,29-30H,7-8,11-12,19-20,23H2,1-3H3,(H,38,40,44)(H,39,41,45)/t29-,30-/m0/s1. The molecule has 2 N–H and O–H groups in total. The second-order valence-corrected chi connectivity index (χ2v) is 13.2. The van der Waals surface area contributed by atoms with E-state index in [0.717, 1.165) is 28.5 Å². The number of rotatable bonds is 7. The summed E-state index contributed by atoms with van der Waals surface area (Å²) in [5.41, 5.74) is 2.67. The van der Waals surface area contributed by atoms with Gasteiger partial charge in [0.25, 0.3) is 0 Å². The van der Waals surface area contributed by atoms with E-state index in [9.17, 15) is 19.2 Å². The number of hydrogen-bond acceptors (Lipinski definition) is 8. The summed E-state index contributed by atoms with van der Waals surface area (Å²) in [6.45, 7) is 6.46. The average Bonchev–Trinajstić information content (AvgIpc) is 3.78. The van der Waals surface area contributed by atoms with Crippen LogP contribution in [0.2, 0.25) is 0 Å². The Labute approximate surface area is 284 Å². The number of aromatic nitrogens is 2. The van der Waals surface area contributed by atoms with Gasteiger partial charge in [-0.05, 0) is 94.0 Å². The van der Waals surface area contributed by atoms with E-state index in [1.54, 1.807) is 39.1 Å². The monoisotopic (exact) mass is 664 g/mol. The number of likely N-dealkylation sites (tertiary alicyclic amines) is 2. The van der Waals surface area contributed by atoms with Crippen molar-refractivity contribution < 1.29 is 28.7 Å². The lowest BCUT2D eigenvalue weighted by molar-refractivity contribution is -0.120. The van der Waals surface area contributed by atoms with Crippen LogP contribution in [-0.4, -0.2) is 74.5 Å². The van der Waals surface area contributed by atoms with E-state index in [2.05, 4.69) is 20.6 Å². The van der Waals surface area contributed by atoms with Gasteiger partial charge >= 0.3 is 12.2 Å². The number of benzene rings is 2. The molecule has 2 aliphatic heterocycles. The van der Waals surface area contributed by atoms with Gasteiger partial charge in [-0.1, -0.05) is 36.4 Å². The van der Waals surface area contributed by atoms with Gasteiger partial charge in [-0.25, -0.2) is 19.6 Å². The molecule has 2 saturated heterocycles. The number of pyridine rings is 2. The van der Waals surface area contributed by atoms with Crippen LogP contribution in [0.3, 0.4) is 0 Å². The van der Waals surface area contributed by atoms with Gasteiger partial charge in [0.15, 0.2) is 0 Å². The molecule has 0 aliphatic carbocycles. The summed E-state index contributed by atoms with van der Waals surface area (Å²) in [5.74, 6) is 0.176. The molecule has 12 nitrogen and oxygen atoms in total. The molecule has 2 aliphatic rings. The highest BCUT2D eigenvalue weighted by Gasteiger charge is 2.37. The van der Waals surface area contributed by atoms with Crippen molar-refractivity contribution in [2.24, 2.45) is 0 Å². The fourth-order valence-corrected chi connectivity index (χ4v) is 6.07. The van der Waals surface area contributed by atoms with E-state index in [-0.39, 0.29) is 18.4 Å². The summed E-state index contributed by atoms with van der Waals surface area (Å²) in [5, 5.41) is 6.57. The summed E-state index contributed by atoms with van der Waals surface area (Å²) in [6, 6.07) is 21.1. The molecule has 0 unspecified atom stereocenters. The first-order chi connectivity index (χ1) is 23.5. The van der Waals surface area contributed by atoms with Crippen LogP contribution in [0.4, 0.5) is 21.2 Å². The highest BCUT2D eigenvalue weighted by Crippen LogP contribution is 2.27. The fourth-order valence-electron chi connectivity index (χ4n) is 6.07. The minimum absolute atomic E-state index is 0.146. The number of amides is 4. The molecule has 49 heavy (non-hydrogen) atoms. The minimum atomic E-state index is -0.646. The molecule has 2 atom stereocenters. The second-order valence-electron chi connectivity index (χ2n) is 13.2. The van der Waals surface area contributed by atoms with Crippen molar-refractivity contribution >= 4 is 46.5 Å². The van der Waals surface area contributed by atoms with Crippen LogP contribution in [0.15, 0.2) is 79.0 Å². The Hall–Kier alpha value is -5.52. The second kappa shape index (κ2) is 14.3. The van der Waals surface area contributed by atoms with Crippen LogP contribution in [-0.2, 0) is 25.7 Å². The lowest BCUT2D eigenvalue weighted by Crippen LogP contribution is -2.45. The van der Waals surface area contributed by atoms with Crippen molar-refractivity contribution in [2.75, 3.05) is 23.7 Å². The molecule has 0 radical (unpaired) electrons. The molecular formula is C37H40N6O6. The molecule has 4 heterocycles. The van der Waals surface area contributed by atoms with E-state index in [4.69, 9.17) is 9.47 Å². The third kappa shape index (κ3) is 8.14. The minimum Gasteiger partial charge on any atom is -0.445 e. The van der Waals surface area contributed by atoms with Crippen LogP contribution in [0.25, 0.3) is 22.0 Å². The SMILES string of the molecule is CC(C)(C)OC(=O)N1CCC[C@H]1C(=O)Nc1ccc2cc(-c3ccc(NC(=O)[C@@H]4CCCN4C(=O)OCc4ccccc4)nc3)ccc2n1. The first kappa shape index (κ1) is 33.4.